The van der Waals surface area contributed by atoms with Crippen LogP contribution in [0.5, 0.6) is 0 Å². The molecule has 0 aromatic carbocycles. The second-order valence-electron chi connectivity index (χ2n) is 5.75. The number of epoxide rings is 1. The van der Waals surface area contributed by atoms with Crippen molar-refractivity contribution in [3.05, 3.63) is 0 Å². The van der Waals surface area contributed by atoms with E-state index in [1.165, 1.54) is 0 Å². The Kier molecular flexibility index (Phi) is 19.4. The molecule has 148 valence electrons. The Bertz CT molecular complexity index is 335. The summed E-state index contributed by atoms with van der Waals surface area (Å²) in [6, 6.07) is -0.0980. The van der Waals surface area contributed by atoms with E-state index in [4.69, 9.17) is 5.11 Å². The summed E-state index contributed by atoms with van der Waals surface area (Å²) in [5.74, 6) is 0.565. The van der Waals surface area contributed by atoms with E-state index in [9.17, 15) is 14.4 Å². The number of rotatable bonds is 11. The first-order valence-electron chi connectivity index (χ1n) is 8.64. The minimum Gasteiger partial charge on any atom is -0.468 e. The zero-order chi connectivity index (χ0) is 19.5. The molecule has 1 heterocycles. The van der Waals surface area contributed by atoms with Crippen LogP contribution < -0.4 is 10.6 Å². The summed E-state index contributed by atoms with van der Waals surface area (Å²) in [4.78, 5) is 30.3. The molecule has 1 rings (SSSR count). The van der Waals surface area contributed by atoms with E-state index in [0.29, 0.717) is 32.1 Å². The van der Waals surface area contributed by atoms with E-state index in [1.54, 1.807) is 14.0 Å². The van der Waals surface area contributed by atoms with Crippen LogP contribution in [-0.2, 0) is 23.9 Å². The minimum atomic E-state index is -0.0980. The van der Waals surface area contributed by atoms with Crippen LogP contribution in [-0.4, -0.2) is 69.3 Å². The Hall–Kier alpha value is -1.51. The molecule has 1 amide bonds. The first-order chi connectivity index (χ1) is 12.0. The number of aliphatic hydroxyl groups is 1. The SMILES string of the molecule is CCOC=O.CNC(CC(C)C)C(=O)NCCCCO.O=CC1CO1. The summed E-state index contributed by atoms with van der Waals surface area (Å²) >= 11 is 0. The Labute approximate surface area is 150 Å². The lowest BCUT2D eigenvalue weighted by molar-refractivity contribution is -0.128. The number of aliphatic hydroxyl groups excluding tert-OH is 1. The van der Waals surface area contributed by atoms with Gasteiger partial charge >= 0.3 is 0 Å². The molecule has 1 aliphatic heterocycles. The third kappa shape index (κ3) is 20.4. The summed E-state index contributed by atoms with van der Waals surface area (Å²) in [7, 11) is 1.81. The molecule has 1 fully saturated rings. The van der Waals surface area contributed by atoms with Crippen LogP contribution in [0.3, 0.4) is 0 Å². The molecule has 0 bridgehead atoms. The Morgan fingerprint density at radius 1 is 1.36 bits per heavy atom. The molecular weight excluding hydrogens is 328 g/mol. The smallest absolute Gasteiger partial charge is 0.293 e. The molecule has 2 unspecified atom stereocenters. The lowest BCUT2D eigenvalue weighted by Gasteiger charge is -2.17. The quantitative estimate of drug-likeness (QED) is 0.274. The number of ether oxygens (including phenoxy) is 2. The van der Waals surface area contributed by atoms with Gasteiger partial charge in [-0.05, 0) is 39.2 Å². The standard InChI is InChI=1S/C11H24N2O2.C3H4O2.C3H6O2/c1-9(2)8-10(12-3)11(15)13-6-4-5-7-14;4-1-3-2-5-3;1-2-5-3-4/h9-10,12,14H,4-8H2,1-3H3,(H,13,15);1,3H,2H2;3H,2H2,1H3. The predicted octanol–water partition coefficient (Wildman–Crippen LogP) is 0.273. The Morgan fingerprint density at radius 3 is 2.28 bits per heavy atom. The van der Waals surface area contributed by atoms with Crippen molar-refractivity contribution < 1.29 is 29.0 Å². The van der Waals surface area contributed by atoms with E-state index in [1.807, 2.05) is 0 Å². The lowest BCUT2D eigenvalue weighted by atomic mass is 10.0. The van der Waals surface area contributed by atoms with Gasteiger partial charge in [-0.25, -0.2) is 0 Å². The van der Waals surface area contributed by atoms with Crippen LogP contribution in [0.4, 0.5) is 0 Å². The van der Waals surface area contributed by atoms with Crippen LogP contribution in [0.25, 0.3) is 0 Å². The van der Waals surface area contributed by atoms with Crippen molar-refractivity contribution in [2.24, 2.45) is 5.92 Å². The van der Waals surface area contributed by atoms with Crippen LogP contribution >= 0.6 is 0 Å². The van der Waals surface area contributed by atoms with E-state index < -0.39 is 0 Å². The molecule has 1 saturated heterocycles. The zero-order valence-corrected chi connectivity index (χ0v) is 15.8. The second-order valence-corrected chi connectivity index (χ2v) is 5.75. The molecule has 0 saturated carbocycles. The van der Waals surface area contributed by atoms with Crippen molar-refractivity contribution in [1.82, 2.24) is 10.6 Å². The summed E-state index contributed by atoms with van der Waals surface area (Å²) < 4.78 is 8.64. The number of amides is 1. The topological polar surface area (TPSA) is 117 Å². The van der Waals surface area contributed by atoms with Gasteiger partial charge in [0.15, 0.2) is 6.29 Å². The molecule has 0 spiro atoms. The average molecular weight is 362 g/mol. The molecule has 0 aromatic heterocycles. The van der Waals surface area contributed by atoms with Crippen molar-refractivity contribution >= 4 is 18.7 Å². The number of unbranched alkanes of at least 4 members (excludes halogenated alkanes) is 1. The van der Waals surface area contributed by atoms with Gasteiger partial charge in [-0.3, -0.25) is 9.59 Å². The highest BCUT2D eigenvalue weighted by Gasteiger charge is 2.20. The molecule has 0 aromatic rings. The van der Waals surface area contributed by atoms with Gasteiger partial charge in [0.05, 0.1) is 19.3 Å². The largest absolute Gasteiger partial charge is 0.468 e. The normalized spacial score (nSPS) is 15.7. The molecule has 2 atom stereocenters. The minimum absolute atomic E-state index is 0.0463. The highest BCUT2D eigenvalue weighted by molar-refractivity contribution is 5.81. The van der Waals surface area contributed by atoms with Crippen LogP contribution in [0.1, 0.15) is 40.0 Å². The Morgan fingerprint density at radius 2 is 2.00 bits per heavy atom. The van der Waals surface area contributed by atoms with Gasteiger partial charge in [0, 0.05) is 13.2 Å². The fourth-order valence-electron chi connectivity index (χ4n) is 1.60. The van der Waals surface area contributed by atoms with Gasteiger partial charge in [-0.1, -0.05) is 13.8 Å². The van der Waals surface area contributed by atoms with Crippen molar-refractivity contribution in [1.29, 1.82) is 0 Å². The number of likely N-dealkylation sites (N-methyl/N-ethyl adjacent to an activating group) is 1. The highest BCUT2D eigenvalue weighted by Crippen LogP contribution is 2.04. The van der Waals surface area contributed by atoms with Gasteiger partial charge in [-0.2, -0.15) is 0 Å². The van der Waals surface area contributed by atoms with Crippen LogP contribution in [0.2, 0.25) is 0 Å². The number of hydrogen-bond donors (Lipinski definition) is 3. The van der Waals surface area contributed by atoms with Crippen LogP contribution in [0.15, 0.2) is 0 Å². The maximum atomic E-state index is 11.6. The maximum absolute atomic E-state index is 11.6. The van der Waals surface area contributed by atoms with Gasteiger partial charge in [-0.15, -0.1) is 0 Å². The predicted molar refractivity (Wildman–Crippen MR) is 95.1 cm³/mol. The van der Waals surface area contributed by atoms with E-state index in [-0.39, 0.29) is 24.7 Å². The van der Waals surface area contributed by atoms with Crippen LogP contribution in [0, 0.1) is 5.92 Å². The van der Waals surface area contributed by atoms with Gasteiger partial charge in [0.25, 0.3) is 6.47 Å². The van der Waals surface area contributed by atoms with Gasteiger partial charge in [0.1, 0.15) is 6.10 Å². The zero-order valence-electron chi connectivity index (χ0n) is 15.8. The lowest BCUT2D eigenvalue weighted by Crippen LogP contribution is -2.43. The van der Waals surface area contributed by atoms with Crippen molar-refractivity contribution in [2.45, 2.75) is 52.2 Å². The summed E-state index contributed by atoms with van der Waals surface area (Å²) in [5, 5.41) is 14.5. The summed E-state index contributed by atoms with van der Waals surface area (Å²) in [6.45, 7) is 8.35. The van der Waals surface area contributed by atoms with Crippen molar-refractivity contribution in [2.75, 3.05) is 33.4 Å². The molecule has 3 N–H and O–H groups in total. The van der Waals surface area contributed by atoms with Gasteiger partial charge < -0.3 is 30.0 Å². The first-order valence-corrected chi connectivity index (χ1v) is 8.64. The fourth-order valence-corrected chi connectivity index (χ4v) is 1.60. The van der Waals surface area contributed by atoms with E-state index >= 15 is 0 Å². The summed E-state index contributed by atoms with van der Waals surface area (Å²) in [5.41, 5.74) is 0. The third-order valence-electron chi connectivity index (χ3n) is 3.00. The van der Waals surface area contributed by atoms with E-state index in [2.05, 4.69) is 34.0 Å². The Balaban J connectivity index is 0. The molecule has 0 aliphatic carbocycles. The molecule has 8 heteroatoms. The molecule has 1 aliphatic rings. The van der Waals surface area contributed by atoms with Crippen molar-refractivity contribution in [3.63, 3.8) is 0 Å². The van der Waals surface area contributed by atoms with Gasteiger partial charge in [0.2, 0.25) is 5.91 Å². The second kappa shape index (κ2) is 18.8. The molecule has 8 nitrogen and oxygen atoms in total. The highest BCUT2D eigenvalue weighted by atomic mass is 16.6. The monoisotopic (exact) mass is 362 g/mol. The number of carbonyl (C=O) groups is 3. The number of hydrogen-bond acceptors (Lipinski definition) is 7. The number of nitrogens with one attached hydrogen (secondary N) is 2. The summed E-state index contributed by atoms with van der Waals surface area (Å²) in [6.07, 6.45) is 3.19. The number of carbonyl (C=O) groups excluding carboxylic acids is 3. The van der Waals surface area contributed by atoms with E-state index in [0.717, 1.165) is 25.5 Å². The first kappa shape index (κ1) is 25.7. The maximum Gasteiger partial charge on any atom is 0.293 e. The average Bonchev–Trinajstić information content (AvgIpc) is 3.42. The van der Waals surface area contributed by atoms with Crippen molar-refractivity contribution in [3.8, 4) is 0 Å². The molecular formula is C17H34N2O6. The molecule has 0 radical (unpaired) electrons. The molecule has 25 heavy (non-hydrogen) atoms. The third-order valence-corrected chi connectivity index (χ3v) is 3.00. The number of aldehydes is 1. The fraction of sp³-hybridized carbons (Fsp3) is 0.824.